The van der Waals surface area contributed by atoms with Crippen molar-refractivity contribution in [1.29, 1.82) is 0 Å². The Labute approximate surface area is 164 Å². The van der Waals surface area contributed by atoms with Crippen LogP contribution in [0.2, 0.25) is 5.02 Å². The van der Waals surface area contributed by atoms with Crippen LogP contribution in [0.25, 0.3) is 11.1 Å². The second-order valence-corrected chi connectivity index (χ2v) is 7.20. The molecule has 2 aromatic carbocycles. The summed E-state index contributed by atoms with van der Waals surface area (Å²) in [6, 6.07) is 14.1. The quantitative estimate of drug-likeness (QED) is 0.539. The molecule has 138 valence electrons. The minimum Gasteiger partial charge on any atom is -0.508 e. The van der Waals surface area contributed by atoms with E-state index in [9.17, 15) is 14.7 Å². The van der Waals surface area contributed by atoms with Gasteiger partial charge in [-0.15, -0.1) is 11.3 Å². The molecule has 7 heteroatoms. The van der Waals surface area contributed by atoms with Gasteiger partial charge in [0.15, 0.2) is 0 Å². The second-order valence-electron chi connectivity index (χ2n) is 5.88. The van der Waals surface area contributed by atoms with Gasteiger partial charge in [0.1, 0.15) is 10.6 Å². The van der Waals surface area contributed by atoms with Gasteiger partial charge >= 0.3 is 5.97 Å². The van der Waals surface area contributed by atoms with Gasteiger partial charge in [0, 0.05) is 12.0 Å². The van der Waals surface area contributed by atoms with Gasteiger partial charge in [-0.1, -0.05) is 35.9 Å². The zero-order valence-corrected chi connectivity index (χ0v) is 15.7. The molecule has 0 saturated heterocycles. The smallest absolute Gasteiger partial charge is 0.348 e. The third-order valence-electron chi connectivity index (χ3n) is 3.99. The van der Waals surface area contributed by atoms with Crippen LogP contribution in [0.15, 0.2) is 53.9 Å². The summed E-state index contributed by atoms with van der Waals surface area (Å²) in [6.45, 7) is 0. The number of carboxylic acids is 1. The molecular weight excluding hydrogens is 386 g/mol. The second kappa shape index (κ2) is 8.24. The van der Waals surface area contributed by atoms with Crippen molar-refractivity contribution in [2.45, 2.75) is 12.8 Å². The number of halogens is 1. The number of rotatable bonds is 6. The van der Waals surface area contributed by atoms with Crippen LogP contribution in [0.3, 0.4) is 0 Å². The summed E-state index contributed by atoms with van der Waals surface area (Å²) in [7, 11) is 0. The molecule has 3 aromatic rings. The molecule has 5 nitrogen and oxygen atoms in total. The Morgan fingerprint density at radius 1 is 1.07 bits per heavy atom. The molecule has 0 aliphatic rings. The van der Waals surface area contributed by atoms with Gasteiger partial charge in [0.2, 0.25) is 5.91 Å². The summed E-state index contributed by atoms with van der Waals surface area (Å²) in [4.78, 5) is 23.3. The first-order valence-corrected chi connectivity index (χ1v) is 9.38. The number of aromatic hydroxyl groups is 1. The maximum atomic E-state index is 12.1. The highest BCUT2D eigenvalue weighted by molar-refractivity contribution is 7.12. The first-order chi connectivity index (χ1) is 12.9. The summed E-state index contributed by atoms with van der Waals surface area (Å²) in [6.07, 6.45) is 0.774. The van der Waals surface area contributed by atoms with E-state index in [1.165, 1.54) is 6.07 Å². The Hall–Kier alpha value is -2.83. The summed E-state index contributed by atoms with van der Waals surface area (Å²) in [5.74, 6) is -1.17. The van der Waals surface area contributed by atoms with Gasteiger partial charge in [-0.2, -0.15) is 0 Å². The number of benzene rings is 2. The van der Waals surface area contributed by atoms with E-state index in [-0.39, 0.29) is 23.0 Å². The zero-order valence-electron chi connectivity index (χ0n) is 14.1. The van der Waals surface area contributed by atoms with Gasteiger partial charge in [-0.3, -0.25) is 4.79 Å². The van der Waals surface area contributed by atoms with Crippen molar-refractivity contribution in [3.8, 4) is 16.9 Å². The number of amides is 1. The Bertz CT molecular complexity index is 982. The van der Waals surface area contributed by atoms with Crippen molar-refractivity contribution in [3.63, 3.8) is 0 Å². The van der Waals surface area contributed by atoms with Crippen LogP contribution in [0.4, 0.5) is 5.69 Å². The highest BCUT2D eigenvalue weighted by Crippen LogP contribution is 2.31. The lowest BCUT2D eigenvalue weighted by molar-refractivity contribution is -0.116. The monoisotopic (exact) mass is 401 g/mol. The fraction of sp³-hybridized carbons (Fsp3) is 0.100. The third-order valence-corrected chi connectivity index (χ3v) is 5.21. The molecule has 0 saturated carbocycles. The number of phenolic OH excluding ortho intramolecular Hbond substituents is 1. The van der Waals surface area contributed by atoms with Crippen molar-refractivity contribution in [1.82, 2.24) is 0 Å². The van der Waals surface area contributed by atoms with Crippen LogP contribution in [0.5, 0.6) is 5.75 Å². The van der Waals surface area contributed by atoms with Crippen LogP contribution in [0, 0.1) is 0 Å². The minimum atomic E-state index is -1.05. The van der Waals surface area contributed by atoms with Crippen molar-refractivity contribution >= 4 is 40.5 Å². The van der Waals surface area contributed by atoms with Crippen LogP contribution in [-0.4, -0.2) is 22.1 Å². The van der Waals surface area contributed by atoms with E-state index in [0.717, 1.165) is 28.0 Å². The number of aromatic carboxylic acids is 1. The Kier molecular flexibility index (Phi) is 5.78. The van der Waals surface area contributed by atoms with Crippen molar-refractivity contribution in [2.75, 3.05) is 5.32 Å². The molecule has 0 spiro atoms. The van der Waals surface area contributed by atoms with E-state index in [1.807, 2.05) is 24.3 Å². The molecule has 0 aliphatic heterocycles. The summed E-state index contributed by atoms with van der Waals surface area (Å²) in [5, 5.41) is 23.2. The average Bonchev–Trinajstić information content (AvgIpc) is 3.09. The Balaban J connectivity index is 1.61. The first-order valence-electron chi connectivity index (χ1n) is 8.12. The number of nitrogens with one attached hydrogen (secondary N) is 1. The zero-order chi connectivity index (χ0) is 19.4. The molecule has 1 heterocycles. The standard InChI is InChI=1S/C20H16ClNO4S/c21-16-11-14(23)6-7-15(16)13-4-1-12(2-5-13)3-8-18(24)22-17-9-10-27-19(17)20(25)26/h1-2,4-7,9-11,23H,3,8H2,(H,22,24)(H,25,26). The molecule has 0 unspecified atom stereocenters. The van der Waals surface area contributed by atoms with Crippen molar-refractivity contribution in [3.05, 3.63) is 69.4 Å². The number of carbonyl (C=O) groups excluding carboxylic acids is 1. The van der Waals surface area contributed by atoms with Crippen molar-refractivity contribution in [2.24, 2.45) is 0 Å². The number of aryl methyl sites for hydroxylation is 1. The minimum absolute atomic E-state index is 0.114. The number of carbonyl (C=O) groups is 2. The lowest BCUT2D eigenvalue weighted by Gasteiger charge is -2.08. The number of hydrogen-bond acceptors (Lipinski definition) is 4. The van der Waals surface area contributed by atoms with Crippen molar-refractivity contribution < 1.29 is 19.8 Å². The summed E-state index contributed by atoms with van der Waals surface area (Å²) in [5.41, 5.74) is 3.04. The van der Waals surface area contributed by atoms with Gasteiger partial charge < -0.3 is 15.5 Å². The van der Waals surface area contributed by atoms with Crippen LogP contribution in [0.1, 0.15) is 21.7 Å². The third kappa shape index (κ3) is 4.67. The average molecular weight is 402 g/mol. The lowest BCUT2D eigenvalue weighted by Crippen LogP contribution is -2.13. The highest BCUT2D eigenvalue weighted by Gasteiger charge is 2.14. The van der Waals surface area contributed by atoms with Gasteiger partial charge in [0.05, 0.1) is 10.7 Å². The maximum Gasteiger partial charge on any atom is 0.348 e. The van der Waals surface area contributed by atoms with E-state index >= 15 is 0 Å². The normalized spacial score (nSPS) is 10.6. The van der Waals surface area contributed by atoms with Crippen LogP contribution >= 0.6 is 22.9 Å². The molecular formula is C20H16ClNO4S. The SMILES string of the molecule is O=C(CCc1ccc(-c2ccc(O)cc2Cl)cc1)Nc1ccsc1C(=O)O. The predicted molar refractivity (Wildman–Crippen MR) is 107 cm³/mol. The molecule has 3 N–H and O–H groups in total. The molecule has 0 radical (unpaired) electrons. The molecule has 1 aromatic heterocycles. The molecule has 3 rings (SSSR count). The number of anilines is 1. The number of carboxylic acid groups (broad SMARTS) is 1. The van der Waals surface area contributed by atoms with E-state index in [2.05, 4.69) is 5.32 Å². The molecule has 0 fully saturated rings. The molecule has 0 bridgehead atoms. The molecule has 0 atom stereocenters. The summed E-state index contributed by atoms with van der Waals surface area (Å²) < 4.78 is 0. The maximum absolute atomic E-state index is 12.1. The van der Waals surface area contributed by atoms with Gasteiger partial charge in [-0.05, 0) is 47.2 Å². The summed E-state index contributed by atoms with van der Waals surface area (Å²) >= 11 is 7.23. The largest absolute Gasteiger partial charge is 0.508 e. The van der Waals surface area contributed by atoms with Crippen LogP contribution in [-0.2, 0) is 11.2 Å². The first kappa shape index (κ1) is 18.9. The fourth-order valence-corrected chi connectivity index (χ4v) is 3.60. The fourth-order valence-electron chi connectivity index (χ4n) is 2.63. The van der Waals surface area contributed by atoms with Gasteiger partial charge in [-0.25, -0.2) is 4.79 Å². The van der Waals surface area contributed by atoms with E-state index in [4.69, 9.17) is 16.7 Å². The number of thiophene rings is 1. The van der Waals surface area contributed by atoms with Crippen LogP contribution < -0.4 is 5.32 Å². The Morgan fingerprint density at radius 3 is 2.48 bits per heavy atom. The molecule has 0 aliphatic carbocycles. The topological polar surface area (TPSA) is 86.6 Å². The van der Waals surface area contributed by atoms with E-state index < -0.39 is 5.97 Å². The number of hydrogen-bond donors (Lipinski definition) is 3. The predicted octanol–water partition coefficient (Wildman–Crippen LogP) is 5.04. The lowest BCUT2D eigenvalue weighted by atomic mass is 10.0. The Morgan fingerprint density at radius 2 is 1.81 bits per heavy atom. The van der Waals surface area contributed by atoms with Gasteiger partial charge in [0.25, 0.3) is 0 Å². The van der Waals surface area contributed by atoms with E-state index in [0.29, 0.717) is 17.1 Å². The molecule has 1 amide bonds. The molecule has 27 heavy (non-hydrogen) atoms. The highest BCUT2D eigenvalue weighted by atomic mass is 35.5. The van der Waals surface area contributed by atoms with E-state index in [1.54, 1.807) is 23.6 Å². The number of phenols is 1.